The van der Waals surface area contributed by atoms with Crippen molar-refractivity contribution in [3.05, 3.63) is 36.4 Å². The third kappa shape index (κ3) is 3.64. The number of carbonyl (C=O) groups excluding carboxylic acids is 1. The standard InChI is InChI=1S/C16H20N2O3/c1-16(2,3)21-15(19)18(17)13-7-5-12-10-14(20-4)8-6-11(12)9-13/h5-10H,17H2,1-4H3. The molecule has 0 heterocycles. The Labute approximate surface area is 124 Å². The normalized spacial score (nSPS) is 11.3. The minimum Gasteiger partial charge on any atom is -0.497 e. The summed E-state index contributed by atoms with van der Waals surface area (Å²) in [6.45, 7) is 5.39. The Hall–Kier alpha value is -2.27. The monoisotopic (exact) mass is 288 g/mol. The molecule has 5 nitrogen and oxygen atoms in total. The third-order valence-corrected chi connectivity index (χ3v) is 2.90. The third-order valence-electron chi connectivity index (χ3n) is 2.90. The number of hydrogen-bond donors (Lipinski definition) is 1. The predicted octanol–water partition coefficient (Wildman–Crippen LogP) is 3.46. The van der Waals surface area contributed by atoms with Gasteiger partial charge in [0.2, 0.25) is 0 Å². The summed E-state index contributed by atoms with van der Waals surface area (Å²) in [5.74, 6) is 6.61. The lowest BCUT2D eigenvalue weighted by Gasteiger charge is -2.24. The Balaban J connectivity index is 2.28. The first-order chi connectivity index (χ1) is 9.80. The highest BCUT2D eigenvalue weighted by Gasteiger charge is 2.21. The molecule has 2 rings (SSSR count). The highest BCUT2D eigenvalue weighted by Crippen LogP contribution is 2.25. The van der Waals surface area contributed by atoms with Gasteiger partial charge < -0.3 is 9.47 Å². The number of amides is 1. The number of ether oxygens (including phenoxy) is 2. The number of anilines is 1. The highest BCUT2D eigenvalue weighted by molar-refractivity contribution is 5.92. The van der Waals surface area contributed by atoms with Crippen molar-refractivity contribution in [2.75, 3.05) is 12.1 Å². The fourth-order valence-electron chi connectivity index (χ4n) is 1.90. The molecule has 0 aromatic heterocycles. The maximum Gasteiger partial charge on any atom is 0.429 e. The quantitative estimate of drug-likeness (QED) is 0.522. The molecule has 0 fully saturated rings. The van der Waals surface area contributed by atoms with Crippen molar-refractivity contribution >= 4 is 22.6 Å². The summed E-state index contributed by atoms with van der Waals surface area (Å²) < 4.78 is 10.4. The molecular weight excluding hydrogens is 268 g/mol. The van der Waals surface area contributed by atoms with E-state index >= 15 is 0 Å². The van der Waals surface area contributed by atoms with E-state index in [1.54, 1.807) is 33.9 Å². The average molecular weight is 288 g/mol. The van der Waals surface area contributed by atoms with Gasteiger partial charge >= 0.3 is 6.09 Å². The SMILES string of the molecule is COc1ccc2cc(N(N)C(=O)OC(C)(C)C)ccc2c1. The van der Waals surface area contributed by atoms with Crippen LogP contribution in [-0.2, 0) is 4.74 Å². The molecule has 0 saturated heterocycles. The van der Waals surface area contributed by atoms with Gasteiger partial charge in [-0.3, -0.25) is 0 Å². The van der Waals surface area contributed by atoms with Crippen LogP contribution in [0.1, 0.15) is 20.8 Å². The van der Waals surface area contributed by atoms with E-state index in [0.717, 1.165) is 21.5 Å². The molecule has 0 saturated carbocycles. The number of hydrazine groups is 1. The summed E-state index contributed by atoms with van der Waals surface area (Å²) in [6, 6.07) is 11.2. The van der Waals surface area contributed by atoms with Crippen LogP contribution in [0.5, 0.6) is 5.75 Å². The summed E-state index contributed by atoms with van der Waals surface area (Å²) in [4.78, 5) is 12.0. The highest BCUT2D eigenvalue weighted by atomic mass is 16.6. The van der Waals surface area contributed by atoms with Gasteiger partial charge in [-0.25, -0.2) is 15.6 Å². The maximum atomic E-state index is 12.0. The molecule has 21 heavy (non-hydrogen) atoms. The van der Waals surface area contributed by atoms with Gasteiger partial charge in [-0.2, -0.15) is 0 Å². The molecule has 5 heteroatoms. The molecule has 112 valence electrons. The van der Waals surface area contributed by atoms with Crippen molar-refractivity contribution in [2.24, 2.45) is 5.84 Å². The molecule has 0 aliphatic rings. The van der Waals surface area contributed by atoms with Crippen LogP contribution in [0.25, 0.3) is 10.8 Å². The van der Waals surface area contributed by atoms with E-state index in [4.69, 9.17) is 15.3 Å². The van der Waals surface area contributed by atoms with E-state index in [2.05, 4.69) is 0 Å². The molecule has 0 aliphatic heterocycles. The van der Waals surface area contributed by atoms with E-state index in [9.17, 15) is 4.79 Å². The van der Waals surface area contributed by atoms with Gasteiger partial charge in [0, 0.05) is 0 Å². The van der Waals surface area contributed by atoms with E-state index in [1.165, 1.54) is 0 Å². The average Bonchev–Trinajstić information content (AvgIpc) is 2.43. The lowest BCUT2D eigenvalue weighted by molar-refractivity contribution is 0.0580. The van der Waals surface area contributed by atoms with E-state index in [0.29, 0.717) is 5.69 Å². The second kappa shape index (κ2) is 5.61. The minimum absolute atomic E-state index is 0.571. The Kier molecular flexibility index (Phi) is 4.04. The van der Waals surface area contributed by atoms with Crippen LogP contribution >= 0.6 is 0 Å². The molecule has 0 atom stereocenters. The smallest absolute Gasteiger partial charge is 0.429 e. The Bertz CT molecular complexity index is 662. The zero-order valence-electron chi connectivity index (χ0n) is 12.7. The lowest BCUT2D eigenvalue weighted by Crippen LogP contribution is -2.41. The molecule has 0 unspecified atom stereocenters. The molecule has 2 aromatic carbocycles. The Morgan fingerprint density at radius 2 is 1.71 bits per heavy atom. The topological polar surface area (TPSA) is 64.8 Å². The predicted molar refractivity (Wildman–Crippen MR) is 83.4 cm³/mol. The van der Waals surface area contributed by atoms with Crippen molar-refractivity contribution < 1.29 is 14.3 Å². The van der Waals surface area contributed by atoms with Crippen LogP contribution in [0.4, 0.5) is 10.5 Å². The summed E-state index contributed by atoms with van der Waals surface area (Å²) in [5, 5.41) is 2.98. The van der Waals surface area contributed by atoms with Crippen LogP contribution in [0.15, 0.2) is 36.4 Å². The summed E-state index contributed by atoms with van der Waals surface area (Å²) >= 11 is 0. The number of nitrogens with two attached hydrogens (primary N) is 1. The number of methoxy groups -OCH3 is 1. The van der Waals surface area contributed by atoms with Crippen LogP contribution in [0.2, 0.25) is 0 Å². The van der Waals surface area contributed by atoms with Gasteiger partial charge in [0.15, 0.2) is 0 Å². The number of rotatable bonds is 2. The van der Waals surface area contributed by atoms with E-state index in [-0.39, 0.29) is 0 Å². The number of hydrogen-bond acceptors (Lipinski definition) is 4. The zero-order valence-corrected chi connectivity index (χ0v) is 12.7. The second-order valence-corrected chi connectivity index (χ2v) is 5.75. The largest absolute Gasteiger partial charge is 0.497 e. The van der Waals surface area contributed by atoms with Crippen LogP contribution in [0, 0.1) is 0 Å². The number of fused-ring (bicyclic) bond motifs is 1. The van der Waals surface area contributed by atoms with Crippen LogP contribution < -0.4 is 15.6 Å². The molecular formula is C16H20N2O3. The fraction of sp³-hybridized carbons (Fsp3) is 0.312. The first kappa shape index (κ1) is 15.1. The zero-order chi connectivity index (χ0) is 15.6. The van der Waals surface area contributed by atoms with Crippen molar-refractivity contribution in [3.63, 3.8) is 0 Å². The Morgan fingerprint density at radius 1 is 1.10 bits per heavy atom. The van der Waals surface area contributed by atoms with Gasteiger partial charge in [-0.05, 0) is 55.8 Å². The lowest BCUT2D eigenvalue weighted by atomic mass is 10.1. The minimum atomic E-state index is -0.588. The van der Waals surface area contributed by atoms with Gasteiger partial charge in [-0.1, -0.05) is 12.1 Å². The van der Waals surface area contributed by atoms with Crippen molar-refractivity contribution in [3.8, 4) is 5.75 Å². The summed E-state index contributed by atoms with van der Waals surface area (Å²) in [6.07, 6.45) is -0.588. The number of benzene rings is 2. The number of carbonyl (C=O) groups is 1. The van der Waals surface area contributed by atoms with Gasteiger partial charge in [0.1, 0.15) is 11.4 Å². The number of nitrogens with zero attached hydrogens (tertiary/aromatic N) is 1. The molecule has 2 aromatic rings. The second-order valence-electron chi connectivity index (χ2n) is 5.75. The maximum absolute atomic E-state index is 12.0. The van der Waals surface area contributed by atoms with Crippen molar-refractivity contribution in [1.29, 1.82) is 0 Å². The molecule has 0 spiro atoms. The van der Waals surface area contributed by atoms with Gasteiger partial charge in [0.25, 0.3) is 0 Å². The first-order valence-corrected chi connectivity index (χ1v) is 6.66. The summed E-state index contributed by atoms with van der Waals surface area (Å²) in [5.41, 5.74) is -0.0132. The van der Waals surface area contributed by atoms with Crippen LogP contribution in [-0.4, -0.2) is 18.8 Å². The van der Waals surface area contributed by atoms with E-state index < -0.39 is 11.7 Å². The molecule has 0 aliphatic carbocycles. The fourth-order valence-corrected chi connectivity index (χ4v) is 1.90. The van der Waals surface area contributed by atoms with Gasteiger partial charge in [0.05, 0.1) is 12.8 Å². The Morgan fingerprint density at radius 3 is 2.33 bits per heavy atom. The molecule has 0 bridgehead atoms. The molecule has 1 amide bonds. The summed E-state index contributed by atoms with van der Waals surface area (Å²) in [7, 11) is 1.62. The van der Waals surface area contributed by atoms with Crippen molar-refractivity contribution in [1.82, 2.24) is 0 Å². The molecule has 2 N–H and O–H groups in total. The molecule has 0 radical (unpaired) electrons. The van der Waals surface area contributed by atoms with E-state index in [1.807, 2.05) is 30.3 Å². The van der Waals surface area contributed by atoms with Crippen LogP contribution in [0.3, 0.4) is 0 Å². The van der Waals surface area contributed by atoms with Gasteiger partial charge in [-0.15, -0.1) is 0 Å². The first-order valence-electron chi connectivity index (χ1n) is 6.66. The van der Waals surface area contributed by atoms with Crippen molar-refractivity contribution in [2.45, 2.75) is 26.4 Å².